The number of halogens is 1. The summed E-state index contributed by atoms with van der Waals surface area (Å²) in [6, 6.07) is 13.5. The molecule has 0 saturated carbocycles. The summed E-state index contributed by atoms with van der Waals surface area (Å²) in [5.41, 5.74) is 8.53. The monoisotopic (exact) mass is 289 g/mol. The van der Waals surface area contributed by atoms with Crippen LogP contribution in [-0.4, -0.2) is 4.98 Å². The van der Waals surface area contributed by atoms with Crippen LogP contribution in [0.15, 0.2) is 42.5 Å². The van der Waals surface area contributed by atoms with Gasteiger partial charge in [-0.3, -0.25) is 0 Å². The lowest BCUT2D eigenvalue weighted by Crippen LogP contribution is -1.99. The smallest absolute Gasteiger partial charge is 0.184 e. The SMILES string of the molecule is Nc1ccc2nc(NCc3ccccc3Cl)sc2c1. The number of nitrogen functional groups attached to an aromatic ring is 1. The topological polar surface area (TPSA) is 50.9 Å². The first-order chi connectivity index (χ1) is 9.22. The van der Waals surface area contributed by atoms with Gasteiger partial charge in [0.25, 0.3) is 0 Å². The van der Waals surface area contributed by atoms with Crippen molar-refractivity contribution < 1.29 is 0 Å². The van der Waals surface area contributed by atoms with Gasteiger partial charge in [0, 0.05) is 17.3 Å². The maximum absolute atomic E-state index is 6.12. The second-order valence-corrected chi connectivity index (χ2v) is 5.63. The highest BCUT2D eigenvalue weighted by atomic mass is 35.5. The molecule has 0 unspecified atom stereocenters. The zero-order valence-corrected chi connectivity index (χ0v) is 11.6. The molecule has 0 aliphatic heterocycles. The summed E-state index contributed by atoms with van der Waals surface area (Å²) in [6.45, 7) is 0.662. The molecule has 19 heavy (non-hydrogen) atoms. The van der Waals surface area contributed by atoms with Crippen LogP contribution in [0.25, 0.3) is 10.2 Å². The van der Waals surface area contributed by atoms with Crippen molar-refractivity contribution in [3.05, 3.63) is 53.1 Å². The van der Waals surface area contributed by atoms with E-state index < -0.39 is 0 Å². The van der Waals surface area contributed by atoms with Crippen molar-refractivity contribution in [1.29, 1.82) is 0 Å². The number of nitrogens with one attached hydrogen (secondary N) is 1. The Hall–Kier alpha value is -1.78. The van der Waals surface area contributed by atoms with Crippen LogP contribution in [0.5, 0.6) is 0 Å². The molecule has 5 heteroatoms. The molecule has 0 amide bonds. The van der Waals surface area contributed by atoms with E-state index in [1.54, 1.807) is 11.3 Å². The molecule has 1 heterocycles. The predicted molar refractivity (Wildman–Crippen MR) is 82.8 cm³/mol. The molecule has 0 spiro atoms. The van der Waals surface area contributed by atoms with Gasteiger partial charge >= 0.3 is 0 Å². The lowest BCUT2D eigenvalue weighted by atomic mass is 10.2. The second kappa shape index (κ2) is 5.07. The molecule has 3 N–H and O–H groups in total. The van der Waals surface area contributed by atoms with Crippen molar-refractivity contribution in [1.82, 2.24) is 4.98 Å². The van der Waals surface area contributed by atoms with Gasteiger partial charge in [-0.1, -0.05) is 41.1 Å². The highest BCUT2D eigenvalue weighted by molar-refractivity contribution is 7.22. The Bertz CT molecular complexity index is 724. The van der Waals surface area contributed by atoms with Gasteiger partial charge in [-0.25, -0.2) is 4.98 Å². The predicted octanol–water partition coefficient (Wildman–Crippen LogP) is 4.14. The fourth-order valence-corrected chi connectivity index (χ4v) is 2.94. The molecule has 0 aliphatic carbocycles. The average molecular weight is 290 g/mol. The summed E-state index contributed by atoms with van der Waals surface area (Å²) in [5, 5.41) is 4.93. The number of hydrogen-bond donors (Lipinski definition) is 2. The standard InChI is InChI=1S/C14H12ClN3S/c15-11-4-2-1-3-9(11)8-17-14-18-12-6-5-10(16)7-13(12)19-14/h1-7H,8,16H2,(H,17,18). The van der Waals surface area contributed by atoms with Gasteiger partial charge < -0.3 is 11.1 Å². The summed E-state index contributed by atoms with van der Waals surface area (Å²) < 4.78 is 1.08. The first-order valence-corrected chi connectivity index (χ1v) is 7.05. The van der Waals surface area contributed by atoms with Crippen LogP contribution in [0.2, 0.25) is 5.02 Å². The Morgan fingerprint density at radius 3 is 2.89 bits per heavy atom. The molecular formula is C14H12ClN3S. The minimum Gasteiger partial charge on any atom is -0.399 e. The first kappa shape index (κ1) is 12.3. The fourth-order valence-electron chi connectivity index (χ4n) is 1.83. The van der Waals surface area contributed by atoms with Crippen LogP contribution < -0.4 is 11.1 Å². The Kier molecular flexibility index (Phi) is 3.27. The van der Waals surface area contributed by atoms with Gasteiger partial charge in [0.05, 0.1) is 10.2 Å². The van der Waals surface area contributed by atoms with E-state index in [0.29, 0.717) is 6.54 Å². The van der Waals surface area contributed by atoms with Crippen molar-refractivity contribution in [2.45, 2.75) is 6.54 Å². The number of rotatable bonds is 3. The highest BCUT2D eigenvalue weighted by Gasteiger charge is 2.05. The van der Waals surface area contributed by atoms with Crippen molar-refractivity contribution >= 4 is 44.0 Å². The van der Waals surface area contributed by atoms with Gasteiger partial charge in [-0.2, -0.15) is 0 Å². The number of benzene rings is 2. The molecule has 0 bridgehead atoms. The lowest BCUT2D eigenvalue weighted by molar-refractivity contribution is 1.14. The third kappa shape index (κ3) is 2.64. The van der Waals surface area contributed by atoms with Gasteiger partial charge in [0.15, 0.2) is 5.13 Å². The number of anilines is 2. The van der Waals surface area contributed by atoms with E-state index in [-0.39, 0.29) is 0 Å². The molecule has 3 nitrogen and oxygen atoms in total. The number of hydrogen-bond acceptors (Lipinski definition) is 4. The largest absolute Gasteiger partial charge is 0.399 e. The van der Waals surface area contributed by atoms with Crippen LogP contribution in [0, 0.1) is 0 Å². The Morgan fingerprint density at radius 2 is 2.05 bits per heavy atom. The van der Waals surface area contributed by atoms with Crippen molar-refractivity contribution in [2.75, 3.05) is 11.1 Å². The molecule has 0 radical (unpaired) electrons. The first-order valence-electron chi connectivity index (χ1n) is 5.86. The van der Waals surface area contributed by atoms with Crippen molar-refractivity contribution in [3.63, 3.8) is 0 Å². The van der Waals surface area contributed by atoms with Gasteiger partial charge in [-0.05, 0) is 29.8 Å². The van der Waals surface area contributed by atoms with Crippen LogP contribution in [0.4, 0.5) is 10.8 Å². The van der Waals surface area contributed by atoms with Crippen molar-refractivity contribution in [3.8, 4) is 0 Å². The molecule has 1 aromatic heterocycles. The highest BCUT2D eigenvalue weighted by Crippen LogP contribution is 2.28. The van der Waals surface area contributed by atoms with Gasteiger partial charge in [0.1, 0.15) is 0 Å². The molecule has 0 aliphatic rings. The molecule has 0 atom stereocenters. The van der Waals surface area contributed by atoms with E-state index >= 15 is 0 Å². The van der Waals surface area contributed by atoms with E-state index in [1.807, 2.05) is 42.5 Å². The van der Waals surface area contributed by atoms with Crippen LogP contribution in [0.1, 0.15) is 5.56 Å². The number of aromatic nitrogens is 1. The van der Waals surface area contributed by atoms with E-state index in [9.17, 15) is 0 Å². The van der Waals surface area contributed by atoms with E-state index in [1.165, 1.54) is 0 Å². The van der Waals surface area contributed by atoms with E-state index in [4.69, 9.17) is 17.3 Å². The van der Waals surface area contributed by atoms with E-state index in [0.717, 1.165) is 31.6 Å². The molecule has 3 rings (SSSR count). The Balaban J connectivity index is 1.80. The lowest BCUT2D eigenvalue weighted by Gasteiger charge is -2.04. The van der Waals surface area contributed by atoms with Gasteiger partial charge in [0.2, 0.25) is 0 Å². The maximum atomic E-state index is 6.12. The molecule has 3 aromatic rings. The molecule has 0 saturated heterocycles. The maximum Gasteiger partial charge on any atom is 0.184 e. The third-order valence-electron chi connectivity index (χ3n) is 2.80. The minimum absolute atomic E-state index is 0.662. The number of fused-ring (bicyclic) bond motifs is 1. The van der Waals surface area contributed by atoms with Crippen LogP contribution >= 0.6 is 22.9 Å². The van der Waals surface area contributed by atoms with Crippen LogP contribution in [-0.2, 0) is 6.54 Å². The fraction of sp³-hybridized carbons (Fsp3) is 0.0714. The van der Waals surface area contributed by atoms with E-state index in [2.05, 4.69) is 10.3 Å². The molecule has 0 fully saturated rings. The summed E-state index contributed by atoms with van der Waals surface area (Å²) in [7, 11) is 0. The Labute approximate surface area is 120 Å². The number of nitrogens with two attached hydrogens (primary N) is 1. The zero-order chi connectivity index (χ0) is 13.2. The zero-order valence-electron chi connectivity index (χ0n) is 10.1. The number of thiazole rings is 1. The molecular weight excluding hydrogens is 278 g/mol. The average Bonchev–Trinajstić information content (AvgIpc) is 2.79. The summed E-state index contributed by atoms with van der Waals surface area (Å²) in [4.78, 5) is 4.51. The Morgan fingerprint density at radius 1 is 1.21 bits per heavy atom. The summed E-state index contributed by atoms with van der Waals surface area (Å²) in [5.74, 6) is 0. The van der Waals surface area contributed by atoms with Gasteiger partial charge in [-0.15, -0.1) is 0 Å². The minimum atomic E-state index is 0.662. The molecule has 96 valence electrons. The normalized spacial score (nSPS) is 10.8. The number of nitrogens with zero attached hydrogens (tertiary/aromatic N) is 1. The quantitative estimate of drug-likeness (QED) is 0.712. The van der Waals surface area contributed by atoms with Crippen LogP contribution in [0.3, 0.4) is 0 Å². The summed E-state index contributed by atoms with van der Waals surface area (Å²) >= 11 is 7.71. The molecule has 2 aromatic carbocycles. The second-order valence-electron chi connectivity index (χ2n) is 4.19. The summed E-state index contributed by atoms with van der Waals surface area (Å²) in [6.07, 6.45) is 0. The third-order valence-corrected chi connectivity index (χ3v) is 4.15. The van der Waals surface area contributed by atoms with Crippen molar-refractivity contribution in [2.24, 2.45) is 0 Å².